The summed E-state index contributed by atoms with van der Waals surface area (Å²) in [4.78, 5) is 7.13. The van der Waals surface area contributed by atoms with Crippen LogP contribution in [0.15, 0.2) is 36.8 Å². The lowest BCUT2D eigenvalue weighted by Crippen LogP contribution is -2.00. The number of rotatable bonds is 8. The molecule has 4 heteroatoms. The Kier molecular flexibility index (Phi) is 5.92. The number of benzene rings is 1. The van der Waals surface area contributed by atoms with Crippen LogP contribution in [0.5, 0.6) is 0 Å². The van der Waals surface area contributed by atoms with Crippen LogP contribution in [-0.2, 0) is 17.6 Å². The molecule has 0 amide bonds. The zero-order chi connectivity index (χ0) is 13.3. The molecule has 2 rings (SSSR count). The van der Waals surface area contributed by atoms with Crippen LogP contribution in [0.1, 0.15) is 24.1 Å². The van der Waals surface area contributed by atoms with E-state index in [1.54, 1.807) is 6.33 Å². The van der Waals surface area contributed by atoms with Crippen LogP contribution in [0.4, 0.5) is 0 Å². The van der Waals surface area contributed by atoms with Crippen LogP contribution in [0.25, 0.3) is 0 Å². The van der Waals surface area contributed by atoms with Crippen LogP contribution in [0.3, 0.4) is 0 Å². The molecule has 0 aliphatic rings. The highest BCUT2D eigenvalue weighted by Gasteiger charge is 1.96. The molecular weight excluding hydrogens is 260 g/mol. The third-order valence-corrected chi connectivity index (χ3v) is 3.20. The van der Waals surface area contributed by atoms with Crippen LogP contribution < -0.4 is 0 Å². The van der Waals surface area contributed by atoms with Crippen molar-refractivity contribution in [1.29, 1.82) is 0 Å². The van der Waals surface area contributed by atoms with Gasteiger partial charge in [-0.1, -0.05) is 23.7 Å². The van der Waals surface area contributed by atoms with E-state index in [1.807, 2.05) is 18.3 Å². The largest absolute Gasteiger partial charge is 0.381 e. The molecule has 0 radical (unpaired) electrons. The average Bonchev–Trinajstić information content (AvgIpc) is 2.93. The molecule has 0 bridgehead atoms. The number of aryl methyl sites for hydroxylation is 2. The molecule has 0 spiro atoms. The molecule has 2 aromatic rings. The average molecular weight is 279 g/mol. The maximum Gasteiger partial charge on any atom is 0.0923 e. The highest BCUT2D eigenvalue weighted by Crippen LogP contribution is 2.10. The predicted octanol–water partition coefficient (Wildman–Crippen LogP) is 3.65. The van der Waals surface area contributed by atoms with Gasteiger partial charge in [-0.15, -0.1) is 0 Å². The highest BCUT2D eigenvalue weighted by molar-refractivity contribution is 6.30. The standard InChI is InChI=1S/C15H19ClN2O/c16-14-7-5-13(6-8-14)3-1-9-19-10-2-4-15-11-17-12-18-15/h5-8,11-12H,1-4,9-10H2,(H,17,18). The summed E-state index contributed by atoms with van der Waals surface area (Å²) in [7, 11) is 0. The van der Waals surface area contributed by atoms with Gasteiger partial charge in [0.2, 0.25) is 0 Å². The zero-order valence-electron chi connectivity index (χ0n) is 10.9. The van der Waals surface area contributed by atoms with E-state index >= 15 is 0 Å². The van der Waals surface area contributed by atoms with Gasteiger partial charge in [0.1, 0.15) is 0 Å². The highest BCUT2D eigenvalue weighted by atomic mass is 35.5. The second-order valence-corrected chi connectivity index (χ2v) is 4.94. The third kappa shape index (κ3) is 5.45. The number of aromatic amines is 1. The third-order valence-electron chi connectivity index (χ3n) is 2.94. The first kappa shape index (κ1) is 14.1. The molecule has 1 aromatic carbocycles. The quantitative estimate of drug-likeness (QED) is 0.749. The number of imidazole rings is 1. The van der Waals surface area contributed by atoms with Gasteiger partial charge in [-0.05, 0) is 43.4 Å². The maximum atomic E-state index is 5.84. The number of hydrogen-bond donors (Lipinski definition) is 1. The zero-order valence-corrected chi connectivity index (χ0v) is 11.7. The normalized spacial score (nSPS) is 10.8. The number of nitrogens with one attached hydrogen (secondary N) is 1. The van der Waals surface area contributed by atoms with Crippen molar-refractivity contribution in [1.82, 2.24) is 9.97 Å². The summed E-state index contributed by atoms with van der Waals surface area (Å²) in [5.74, 6) is 0. The molecule has 1 N–H and O–H groups in total. The Morgan fingerprint density at radius 2 is 1.79 bits per heavy atom. The van der Waals surface area contributed by atoms with Crippen molar-refractivity contribution >= 4 is 11.6 Å². The van der Waals surface area contributed by atoms with Gasteiger partial charge >= 0.3 is 0 Å². The monoisotopic (exact) mass is 278 g/mol. The van der Waals surface area contributed by atoms with Gasteiger partial charge in [0, 0.05) is 24.4 Å². The van der Waals surface area contributed by atoms with Crippen molar-refractivity contribution in [3.05, 3.63) is 53.1 Å². The van der Waals surface area contributed by atoms with Gasteiger partial charge in [-0.2, -0.15) is 0 Å². The molecule has 0 aliphatic carbocycles. The number of halogens is 1. The Balaban J connectivity index is 1.49. The number of hydrogen-bond acceptors (Lipinski definition) is 2. The van der Waals surface area contributed by atoms with Gasteiger partial charge in [-0.25, -0.2) is 4.98 Å². The van der Waals surface area contributed by atoms with E-state index in [0.717, 1.165) is 49.6 Å². The lowest BCUT2D eigenvalue weighted by molar-refractivity contribution is 0.129. The van der Waals surface area contributed by atoms with Crippen molar-refractivity contribution < 1.29 is 4.74 Å². The Morgan fingerprint density at radius 3 is 2.47 bits per heavy atom. The molecule has 0 fully saturated rings. The number of nitrogens with zero attached hydrogens (tertiary/aromatic N) is 1. The minimum absolute atomic E-state index is 0.790. The summed E-state index contributed by atoms with van der Waals surface area (Å²) in [6.45, 7) is 1.61. The van der Waals surface area contributed by atoms with Crippen LogP contribution in [0, 0.1) is 0 Å². The summed E-state index contributed by atoms with van der Waals surface area (Å²) < 4.78 is 5.61. The van der Waals surface area contributed by atoms with Crippen molar-refractivity contribution in [3.8, 4) is 0 Å². The molecule has 0 atom stereocenters. The number of ether oxygens (including phenoxy) is 1. The van der Waals surface area contributed by atoms with E-state index in [0.29, 0.717) is 0 Å². The van der Waals surface area contributed by atoms with Gasteiger partial charge in [0.15, 0.2) is 0 Å². The van der Waals surface area contributed by atoms with E-state index in [9.17, 15) is 0 Å². The summed E-state index contributed by atoms with van der Waals surface area (Å²) >= 11 is 5.84. The van der Waals surface area contributed by atoms with Crippen molar-refractivity contribution in [2.24, 2.45) is 0 Å². The van der Waals surface area contributed by atoms with Crippen molar-refractivity contribution in [2.45, 2.75) is 25.7 Å². The van der Waals surface area contributed by atoms with Crippen LogP contribution >= 0.6 is 11.6 Å². The minimum atomic E-state index is 0.790. The SMILES string of the molecule is Clc1ccc(CCCOCCCc2c[nH]cn2)cc1. The van der Waals surface area contributed by atoms with Gasteiger partial charge in [0.25, 0.3) is 0 Å². The predicted molar refractivity (Wildman–Crippen MR) is 77.5 cm³/mol. The van der Waals surface area contributed by atoms with E-state index in [1.165, 1.54) is 5.56 Å². The fraction of sp³-hybridized carbons (Fsp3) is 0.400. The molecule has 0 unspecified atom stereocenters. The number of H-pyrrole nitrogens is 1. The molecule has 1 aromatic heterocycles. The molecule has 0 saturated heterocycles. The minimum Gasteiger partial charge on any atom is -0.381 e. The van der Waals surface area contributed by atoms with E-state index < -0.39 is 0 Å². The summed E-state index contributed by atoms with van der Waals surface area (Å²) in [6.07, 6.45) is 7.72. The summed E-state index contributed by atoms with van der Waals surface area (Å²) in [6, 6.07) is 8.00. The summed E-state index contributed by atoms with van der Waals surface area (Å²) in [5.41, 5.74) is 2.41. The van der Waals surface area contributed by atoms with E-state index in [2.05, 4.69) is 22.1 Å². The van der Waals surface area contributed by atoms with E-state index in [-0.39, 0.29) is 0 Å². The lowest BCUT2D eigenvalue weighted by Gasteiger charge is -2.04. The first-order chi connectivity index (χ1) is 9.34. The van der Waals surface area contributed by atoms with Crippen molar-refractivity contribution in [3.63, 3.8) is 0 Å². The molecule has 1 heterocycles. The molecule has 102 valence electrons. The second-order valence-electron chi connectivity index (χ2n) is 4.51. The van der Waals surface area contributed by atoms with Gasteiger partial charge in [-0.3, -0.25) is 0 Å². The fourth-order valence-corrected chi connectivity index (χ4v) is 2.04. The molecule has 19 heavy (non-hydrogen) atoms. The molecular formula is C15H19ClN2O. The van der Waals surface area contributed by atoms with Crippen molar-refractivity contribution in [2.75, 3.05) is 13.2 Å². The Bertz CT molecular complexity index is 454. The van der Waals surface area contributed by atoms with E-state index in [4.69, 9.17) is 16.3 Å². The summed E-state index contributed by atoms with van der Waals surface area (Å²) in [5, 5.41) is 0.790. The maximum absolute atomic E-state index is 5.84. The van der Waals surface area contributed by atoms with Gasteiger partial charge < -0.3 is 9.72 Å². The Morgan fingerprint density at radius 1 is 1.05 bits per heavy atom. The number of aromatic nitrogens is 2. The fourth-order valence-electron chi connectivity index (χ4n) is 1.91. The Hall–Kier alpha value is -1.32. The first-order valence-corrected chi connectivity index (χ1v) is 7.02. The lowest BCUT2D eigenvalue weighted by atomic mass is 10.1. The first-order valence-electron chi connectivity index (χ1n) is 6.64. The smallest absolute Gasteiger partial charge is 0.0923 e. The van der Waals surface area contributed by atoms with Crippen LogP contribution in [-0.4, -0.2) is 23.2 Å². The molecule has 0 saturated carbocycles. The topological polar surface area (TPSA) is 37.9 Å². The van der Waals surface area contributed by atoms with Gasteiger partial charge in [0.05, 0.1) is 12.0 Å². The molecule has 0 aliphatic heterocycles. The van der Waals surface area contributed by atoms with Crippen LogP contribution in [0.2, 0.25) is 5.02 Å². The Labute approximate surface area is 119 Å². The second kappa shape index (κ2) is 7.97. The molecule has 3 nitrogen and oxygen atoms in total.